The molecule has 60 heavy (non-hydrogen) atoms. The van der Waals surface area contributed by atoms with Crippen LogP contribution in [0.5, 0.6) is 0 Å². The normalized spacial score (nSPS) is 50.7. The molecule has 5 aliphatic rings. The number of ether oxygens (including phenoxy) is 9. The first-order valence-electron chi connectivity index (χ1n) is 18.4. The summed E-state index contributed by atoms with van der Waals surface area (Å²) in [5, 5.41) is 167. The summed E-state index contributed by atoms with van der Waals surface area (Å²) in [6, 6.07) is 0. The SMILES string of the molecule is O=P(O)(O)O[C@H]1O[C@H](CO)[C@@H](O[C@H]2O[C@H](CO)[C@@H](O[C@H]3O[C@H](CO)[C@@H](O[C@H]4O[C@H](CO)[C@@H](O[C@H]5O[C@H](CO)[C@@H](O)[C@H](O)[C@H]5O)[C@H](O)[C@H]4O)[C@H](O)[C@H]3O)[C@H](O)[C@H]2O)[C@H](O)[C@H]1O. The van der Waals surface area contributed by atoms with E-state index >= 15 is 0 Å². The molecular formula is C30H53O29P. The minimum Gasteiger partial charge on any atom is -0.394 e. The molecule has 29 nitrogen and oxygen atoms in total. The lowest BCUT2D eigenvalue weighted by Gasteiger charge is -2.49. The van der Waals surface area contributed by atoms with Crippen LogP contribution < -0.4 is 0 Å². The van der Waals surface area contributed by atoms with Crippen LogP contribution in [0.4, 0.5) is 0 Å². The number of phosphoric acid groups is 1. The number of rotatable bonds is 15. The maximum Gasteiger partial charge on any atom is 0.472 e. The maximum atomic E-state index is 11.3. The smallest absolute Gasteiger partial charge is 0.394 e. The molecule has 0 saturated carbocycles. The molecule has 0 amide bonds. The van der Waals surface area contributed by atoms with E-state index in [1.165, 1.54) is 0 Å². The van der Waals surface area contributed by atoms with Gasteiger partial charge in [0.1, 0.15) is 122 Å². The fourth-order valence-electron chi connectivity index (χ4n) is 7.24. The fraction of sp³-hybridized carbons (Fsp3) is 1.00. The van der Waals surface area contributed by atoms with E-state index < -0.39 is 194 Å². The zero-order valence-corrected chi connectivity index (χ0v) is 31.9. The number of aliphatic hydroxyl groups is 16. The van der Waals surface area contributed by atoms with Gasteiger partial charge in [-0.1, -0.05) is 0 Å². The minimum absolute atomic E-state index is 0.826. The van der Waals surface area contributed by atoms with Crippen molar-refractivity contribution in [2.45, 2.75) is 154 Å². The lowest BCUT2D eigenvalue weighted by Crippen LogP contribution is -2.68. The number of hydrogen-bond acceptors (Lipinski definition) is 27. The van der Waals surface area contributed by atoms with Gasteiger partial charge in [0, 0.05) is 0 Å². The van der Waals surface area contributed by atoms with Gasteiger partial charge in [-0.05, 0) is 0 Å². The Morgan fingerprint density at radius 1 is 0.333 bits per heavy atom. The molecule has 5 fully saturated rings. The number of phosphoric ester groups is 1. The highest BCUT2D eigenvalue weighted by Crippen LogP contribution is 2.42. The minimum atomic E-state index is -5.28. The van der Waals surface area contributed by atoms with Crippen molar-refractivity contribution >= 4 is 7.82 Å². The second-order valence-corrected chi connectivity index (χ2v) is 15.7. The molecule has 5 heterocycles. The third-order valence-electron chi connectivity index (χ3n) is 10.5. The van der Waals surface area contributed by atoms with Crippen LogP contribution in [-0.2, 0) is 51.7 Å². The van der Waals surface area contributed by atoms with Crippen LogP contribution >= 0.6 is 7.82 Å². The summed E-state index contributed by atoms with van der Waals surface area (Å²) in [4.78, 5) is 18.1. The van der Waals surface area contributed by atoms with Crippen LogP contribution in [0.25, 0.3) is 0 Å². The summed E-state index contributed by atoms with van der Waals surface area (Å²) in [6.45, 7) is -4.83. The molecule has 18 N–H and O–H groups in total. The molecule has 0 unspecified atom stereocenters. The van der Waals surface area contributed by atoms with Gasteiger partial charge in [-0.15, -0.1) is 0 Å². The Labute approximate surface area is 337 Å². The van der Waals surface area contributed by atoms with Crippen molar-refractivity contribution in [3.05, 3.63) is 0 Å². The second-order valence-electron chi connectivity index (χ2n) is 14.5. The van der Waals surface area contributed by atoms with Crippen LogP contribution in [-0.4, -0.2) is 278 Å². The predicted octanol–water partition coefficient (Wildman–Crippen LogP) is -11.8. The van der Waals surface area contributed by atoms with Crippen molar-refractivity contribution in [1.82, 2.24) is 0 Å². The molecule has 25 atom stereocenters. The van der Waals surface area contributed by atoms with E-state index in [4.69, 9.17) is 52.4 Å². The zero-order valence-electron chi connectivity index (χ0n) is 31.0. The first-order chi connectivity index (χ1) is 28.2. The average molecular weight is 909 g/mol. The van der Waals surface area contributed by atoms with Crippen LogP contribution in [0.2, 0.25) is 0 Å². The van der Waals surface area contributed by atoms with Crippen LogP contribution in [0, 0.1) is 0 Å². The van der Waals surface area contributed by atoms with Crippen LogP contribution in [0.3, 0.4) is 0 Å². The molecule has 0 aromatic rings. The van der Waals surface area contributed by atoms with E-state index in [1.54, 1.807) is 0 Å². The van der Waals surface area contributed by atoms with Gasteiger partial charge in [-0.25, -0.2) is 4.57 Å². The van der Waals surface area contributed by atoms with Gasteiger partial charge in [0.2, 0.25) is 0 Å². The summed E-state index contributed by atoms with van der Waals surface area (Å²) >= 11 is 0. The molecule has 0 bridgehead atoms. The number of hydrogen-bond donors (Lipinski definition) is 18. The van der Waals surface area contributed by atoms with Crippen molar-refractivity contribution < 1.29 is 143 Å². The highest BCUT2D eigenvalue weighted by atomic mass is 31.2. The van der Waals surface area contributed by atoms with Gasteiger partial charge in [0.15, 0.2) is 31.5 Å². The van der Waals surface area contributed by atoms with E-state index in [0.29, 0.717) is 0 Å². The van der Waals surface area contributed by atoms with E-state index in [9.17, 15) is 86.3 Å². The molecule has 352 valence electrons. The average Bonchev–Trinajstić information content (AvgIpc) is 3.21. The first kappa shape index (κ1) is 50.1. The van der Waals surface area contributed by atoms with Crippen LogP contribution in [0.15, 0.2) is 0 Å². The van der Waals surface area contributed by atoms with Gasteiger partial charge in [0.05, 0.1) is 33.0 Å². The third kappa shape index (κ3) is 10.6. The maximum absolute atomic E-state index is 11.3. The second kappa shape index (κ2) is 21.0. The summed E-state index contributed by atoms with van der Waals surface area (Å²) < 4.78 is 64.6. The highest BCUT2D eigenvalue weighted by Gasteiger charge is 2.56. The zero-order chi connectivity index (χ0) is 44.5. The fourth-order valence-corrected chi connectivity index (χ4v) is 7.69. The van der Waals surface area contributed by atoms with Crippen molar-refractivity contribution in [2.75, 3.05) is 33.0 Å². The molecule has 5 aliphatic heterocycles. The van der Waals surface area contributed by atoms with Gasteiger partial charge in [-0.3, -0.25) is 4.52 Å². The van der Waals surface area contributed by atoms with Crippen molar-refractivity contribution in [2.24, 2.45) is 0 Å². The molecule has 5 rings (SSSR count). The molecule has 0 aromatic carbocycles. The van der Waals surface area contributed by atoms with Gasteiger partial charge >= 0.3 is 7.82 Å². The summed E-state index contributed by atoms with van der Waals surface area (Å²) in [5.74, 6) is 0. The quantitative estimate of drug-likeness (QED) is 0.0678. The van der Waals surface area contributed by atoms with Crippen molar-refractivity contribution in [1.29, 1.82) is 0 Å². The summed E-state index contributed by atoms with van der Waals surface area (Å²) in [5.41, 5.74) is 0. The largest absolute Gasteiger partial charge is 0.472 e. The van der Waals surface area contributed by atoms with Crippen LogP contribution in [0.1, 0.15) is 0 Å². The molecular weight excluding hydrogens is 855 g/mol. The molecule has 0 aromatic heterocycles. The van der Waals surface area contributed by atoms with Gasteiger partial charge in [-0.2, -0.15) is 0 Å². The van der Waals surface area contributed by atoms with Crippen molar-refractivity contribution in [3.8, 4) is 0 Å². The van der Waals surface area contributed by atoms with E-state index in [2.05, 4.69) is 4.52 Å². The Kier molecular flexibility index (Phi) is 17.5. The first-order valence-corrected chi connectivity index (χ1v) is 19.9. The Morgan fingerprint density at radius 3 is 0.833 bits per heavy atom. The molecule has 5 saturated heterocycles. The monoisotopic (exact) mass is 908 g/mol. The Bertz CT molecular complexity index is 1370. The Balaban J connectivity index is 1.22. The topological polar surface area (TPSA) is 474 Å². The lowest BCUT2D eigenvalue weighted by atomic mass is 9.95. The van der Waals surface area contributed by atoms with Crippen molar-refractivity contribution in [3.63, 3.8) is 0 Å². The van der Waals surface area contributed by atoms with E-state index in [-0.39, 0.29) is 0 Å². The van der Waals surface area contributed by atoms with E-state index in [0.717, 1.165) is 0 Å². The Morgan fingerprint density at radius 2 is 0.567 bits per heavy atom. The van der Waals surface area contributed by atoms with E-state index in [1.807, 2.05) is 0 Å². The number of aliphatic hydroxyl groups excluding tert-OH is 16. The lowest BCUT2D eigenvalue weighted by molar-refractivity contribution is -0.392. The third-order valence-corrected chi connectivity index (χ3v) is 11.0. The standard InChI is InChI=1S/C30H53O29P/c31-1-6-11(36)12(37)17(42)26(50-6)55-22-7(2-32)51-27(18(43)13(22)38)56-23-8(3-33)52-28(19(44)14(23)39)57-24-9(4-34)53-29(20(45)15(24)40)58-25-10(5-35)54-30(21(46)16(25)41)59-60(47,48)49/h6-46H,1-5H2,(H2,47,48,49)/t6-,7-,8-,9-,10-,11-,12+,13-,14-,15-,16-,17-,18-,19-,20-,21-,22-,23-,24-,25-,26-,27-,28-,29-,30-/m1/s1. The van der Waals surface area contributed by atoms with Gasteiger partial charge < -0.3 is 134 Å². The molecule has 0 spiro atoms. The molecule has 0 radical (unpaired) electrons. The molecule has 30 heteroatoms. The highest BCUT2D eigenvalue weighted by molar-refractivity contribution is 7.46. The van der Waals surface area contributed by atoms with Gasteiger partial charge in [0.25, 0.3) is 0 Å². The Hall–Kier alpha value is -0.890. The summed E-state index contributed by atoms with van der Waals surface area (Å²) in [7, 11) is -5.28. The summed E-state index contributed by atoms with van der Waals surface area (Å²) in [6.07, 6.45) is -47.9. The predicted molar refractivity (Wildman–Crippen MR) is 177 cm³/mol. The molecule has 0 aliphatic carbocycles.